The molecular weight excluding hydrogens is 346 g/mol. The van der Waals surface area contributed by atoms with E-state index >= 15 is 0 Å². The van der Waals surface area contributed by atoms with E-state index in [4.69, 9.17) is 4.74 Å². The standard InChI is InChI=1S/C21H17NO3S/c1-25-18-10-8-16(9-11-18)21(24)22-17-5-2-4-15(14-17)7-12-19(23)20-6-3-13-26-20/h2-14H,1H3,(H,22,24)/b12-7+. The summed E-state index contributed by atoms with van der Waals surface area (Å²) in [6, 6.07) is 17.9. The lowest BCUT2D eigenvalue weighted by Gasteiger charge is -2.07. The third-order valence-corrected chi connectivity index (χ3v) is 4.57. The largest absolute Gasteiger partial charge is 0.497 e. The first kappa shape index (κ1) is 17.6. The summed E-state index contributed by atoms with van der Waals surface area (Å²) in [5, 5.41) is 4.73. The molecule has 5 heteroatoms. The normalized spacial score (nSPS) is 10.7. The number of carbonyl (C=O) groups is 2. The predicted molar refractivity (Wildman–Crippen MR) is 105 cm³/mol. The van der Waals surface area contributed by atoms with Crippen molar-refractivity contribution in [2.24, 2.45) is 0 Å². The predicted octanol–water partition coefficient (Wildman–Crippen LogP) is 4.91. The molecule has 0 aliphatic heterocycles. The van der Waals surface area contributed by atoms with E-state index in [0.717, 1.165) is 5.56 Å². The Bertz CT molecular complexity index is 928. The molecule has 1 aromatic heterocycles. The fraction of sp³-hybridized carbons (Fsp3) is 0.0476. The van der Waals surface area contributed by atoms with Crippen molar-refractivity contribution in [3.8, 4) is 5.75 Å². The van der Waals surface area contributed by atoms with Crippen LogP contribution >= 0.6 is 11.3 Å². The highest BCUT2D eigenvalue weighted by atomic mass is 32.1. The first-order chi connectivity index (χ1) is 12.7. The first-order valence-corrected chi connectivity index (χ1v) is 8.85. The van der Waals surface area contributed by atoms with Crippen LogP contribution in [-0.2, 0) is 0 Å². The van der Waals surface area contributed by atoms with Crippen molar-refractivity contribution in [2.75, 3.05) is 12.4 Å². The van der Waals surface area contributed by atoms with Crippen LogP contribution < -0.4 is 10.1 Å². The number of allylic oxidation sites excluding steroid dienone is 1. The smallest absolute Gasteiger partial charge is 0.255 e. The lowest BCUT2D eigenvalue weighted by molar-refractivity contribution is 0.102. The van der Waals surface area contributed by atoms with Crippen molar-refractivity contribution < 1.29 is 14.3 Å². The molecule has 0 fully saturated rings. The number of rotatable bonds is 6. The van der Waals surface area contributed by atoms with E-state index in [1.807, 2.05) is 29.6 Å². The minimum atomic E-state index is -0.205. The van der Waals surface area contributed by atoms with Gasteiger partial charge in [0.25, 0.3) is 5.91 Å². The Kier molecular flexibility index (Phi) is 5.61. The molecule has 2 aromatic carbocycles. The van der Waals surface area contributed by atoms with Gasteiger partial charge in [-0.15, -0.1) is 11.3 Å². The van der Waals surface area contributed by atoms with E-state index in [1.165, 1.54) is 17.4 Å². The summed E-state index contributed by atoms with van der Waals surface area (Å²) in [5.74, 6) is 0.459. The van der Waals surface area contributed by atoms with Crippen molar-refractivity contribution >= 4 is 34.8 Å². The average molecular weight is 363 g/mol. The van der Waals surface area contributed by atoms with Crippen LogP contribution in [0.3, 0.4) is 0 Å². The van der Waals surface area contributed by atoms with Gasteiger partial charge in [-0.05, 0) is 59.5 Å². The number of hydrogen-bond donors (Lipinski definition) is 1. The highest BCUT2D eigenvalue weighted by molar-refractivity contribution is 7.12. The number of benzene rings is 2. The average Bonchev–Trinajstić information content (AvgIpc) is 3.21. The van der Waals surface area contributed by atoms with Crippen LogP contribution in [0.15, 0.2) is 72.1 Å². The quantitative estimate of drug-likeness (QED) is 0.500. The molecule has 0 aliphatic rings. The molecule has 0 bridgehead atoms. The molecule has 0 saturated heterocycles. The van der Waals surface area contributed by atoms with E-state index in [9.17, 15) is 9.59 Å². The Labute approximate surface area is 155 Å². The molecule has 0 unspecified atom stereocenters. The van der Waals surface area contributed by atoms with E-state index < -0.39 is 0 Å². The summed E-state index contributed by atoms with van der Waals surface area (Å²) in [7, 11) is 1.58. The molecule has 0 radical (unpaired) electrons. The Morgan fingerprint density at radius 2 is 1.85 bits per heavy atom. The number of hydrogen-bond acceptors (Lipinski definition) is 4. The number of carbonyl (C=O) groups excluding carboxylic acids is 2. The summed E-state index contributed by atoms with van der Waals surface area (Å²) >= 11 is 1.41. The molecule has 1 amide bonds. The Balaban J connectivity index is 1.68. The molecule has 1 heterocycles. The number of anilines is 1. The number of thiophene rings is 1. The van der Waals surface area contributed by atoms with Crippen LogP contribution in [0.1, 0.15) is 25.6 Å². The van der Waals surface area contributed by atoms with Gasteiger partial charge in [-0.3, -0.25) is 9.59 Å². The third-order valence-electron chi connectivity index (χ3n) is 3.69. The van der Waals surface area contributed by atoms with Crippen LogP contribution in [0.2, 0.25) is 0 Å². The Hall–Kier alpha value is -3.18. The van der Waals surface area contributed by atoms with E-state index in [0.29, 0.717) is 21.9 Å². The van der Waals surface area contributed by atoms with Crippen LogP contribution in [0, 0.1) is 0 Å². The molecular formula is C21H17NO3S. The van der Waals surface area contributed by atoms with Gasteiger partial charge in [0.1, 0.15) is 5.75 Å². The third kappa shape index (κ3) is 4.46. The number of nitrogens with one attached hydrogen (secondary N) is 1. The molecule has 0 saturated carbocycles. The van der Waals surface area contributed by atoms with Crippen LogP contribution in [0.25, 0.3) is 6.08 Å². The molecule has 130 valence electrons. The Morgan fingerprint density at radius 3 is 2.54 bits per heavy atom. The van der Waals surface area contributed by atoms with E-state index in [2.05, 4.69) is 5.32 Å². The monoisotopic (exact) mass is 363 g/mol. The van der Waals surface area contributed by atoms with Crippen molar-refractivity contribution in [1.29, 1.82) is 0 Å². The fourth-order valence-electron chi connectivity index (χ4n) is 2.34. The van der Waals surface area contributed by atoms with Crippen molar-refractivity contribution in [3.05, 3.63) is 88.1 Å². The van der Waals surface area contributed by atoms with Crippen LogP contribution in [0.5, 0.6) is 5.75 Å². The molecule has 3 rings (SSSR count). The van der Waals surface area contributed by atoms with E-state index in [1.54, 1.807) is 49.6 Å². The maximum Gasteiger partial charge on any atom is 0.255 e. The summed E-state index contributed by atoms with van der Waals surface area (Å²) in [6.07, 6.45) is 3.28. The number of ether oxygens (including phenoxy) is 1. The highest BCUT2D eigenvalue weighted by Gasteiger charge is 2.07. The topological polar surface area (TPSA) is 55.4 Å². The zero-order chi connectivity index (χ0) is 18.4. The second-order valence-electron chi connectivity index (χ2n) is 5.48. The summed E-state index contributed by atoms with van der Waals surface area (Å²) in [6.45, 7) is 0. The van der Waals surface area contributed by atoms with Crippen LogP contribution in [-0.4, -0.2) is 18.8 Å². The summed E-state index contributed by atoms with van der Waals surface area (Å²) in [5.41, 5.74) is 2.04. The van der Waals surface area contributed by atoms with Gasteiger partial charge in [0.05, 0.1) is 12.0 Å². The van der Waals surface area contributed by atoms with Gasteiger partial charge in [0.2, 0.25) is 0 Å². The summed E-state index contributed by atoms with van der Waals surface area (Å²) < 4.78 is 5.09. The molecule has 26 heavy (non-hydrogen) atoms. The number of ketones is 1. The van der Waals surface area contributed by atoms with Crippen LogP contribution in [0.4, 0.5) is 5.69 Å². The van der Waals surface area contributed by atoms with Crippen molar-refractivity contribution in [1.82, 2.24) is 0 Å². The van der Waals surface area contributed by atoms with Gasteiger partial charge >= 0.3 is 0 Å². The molecule has 3 aromatic rings. The van der Waals surface area contributed by atoms with Crippen molar-refractivity contribution in [2.45, 2.75) is 0 Å². The molecule has 4 nitrogen and oxygen atoms in total. The number of amides is 1. The first-order valence-electron chi connectivity index (χ1n) is 7.97. The van der Waals surface area contributed by atoms with Gasteiger partial charge < -0.3 is 10.1 Å². The maximum atomic E-state index is 12.3. The summed E-state index contributed by atoms with van der Waals surface area (Å²) in [4.78, 5) is 25.0. The molecule has 1 N–H and O–H groups in total. The zero-order valence-corrected chi connectivity index (χ0v) is 15.0. The fourth-order valence-corrected chi connectivity index (χ4v) is 2.98. The lowest BCUT2D eigenvalue weighted by Crippen LogP contribution is -2.11. The minimum Gasteiger partial charge on any atom is -0.497 e. The highest BCUT2D eigenvalue weighted by Crippen LogP contribution is 2.16. The van der Waals surface area contributed by atoms with Gasteiger partial charge in [-0.25, -0.2) is 0 Å². The van der Waals surface area contributed by atoms with Gasteiger partial charge in [0.15, 0.2) is 5.78 Å². The Morgan fingerprint density at radius 1 is 1.04 bits per heavy atom. The van der Waals surface area contributed by atoms with Gasteiger partial charge in [-0.2, -0.15) is 0 Å². The SMILES string of the molecule is COc1ccc(C(=O)Nc2cccc(/C=C/C(=O)c3cccs3)c2)cc1. The molecule has 0 spiro atoms. The molecule has 0 atom stereocenters. The second kappa shape index (κ2) is 8.27. The lowest BCUT2D eigenvalue weighted by atomic mass is 10.1. The number of methoxy groups -OCH3 is 1. The second-order valence-corrected chi connectivity index (χ2v) is 6.43. The van der Waals surface area contributed by atoms with Gasteiger partial charge in [-0.1, -0.05) is 24.3 Å². The van der Waals surface area contributed by atoms with Crippen molar-refractivity contribution in [3.63, 3.8) is 0 Å². The zero-order valence-electron chi connectivity index (χ0n) is 14.1. The minimum absolute atomic E-state index is 0.0346. The van der Waals surface area contributed by atoms with E-state index in [-0.39, 0.29) is 11.7 Å². The maximum absolute atomic E-state index is 12.3. The molecule has 0 aliphatic carbocycles. The van der Waals surface area contributed by atoms with Gasteiger partial charge in [0, 0.05) is 11.3 Å².